The summed E-state index contributed by atoms with van der Waals surface area (Å²) >= 11 is 0. The zero-order chi connectivity index (χ0) is 11.9. The largest absolute Gasteiger partial charge is 0.343 e. The molecule has 0 aromatic carbocycles. The molecule has 1 atom stereocenters. The minimum absolute atomic E-state index is 0.402. The number of likely N-dealkylation sites (tertiary alicyclic amines) is 1. The molecule has 1 amide bonds. The molecule has 2 aliphatic rings. The average Bonchev–Trinajstić information content (AvgIpc) is 2.78. The van der Waals surface area contributed by atoms with Crippen LogP contribution in [0.2, 0.25) is 0 Å². The van der Waals surface area contributed by atoms with Crippen molar-refractivity contribution in [2.75, 3.05) is 26.2 Å². The summed E-state index contributed by atoms with van der Waals surface area (Å²) in [6, 6.07) is 0. The molecule has 0 aromatic heterocycles. The number of amides is 1. The van der Waals surface area contributed by atoms with Gasteiger partial charge in [0, 0.05) is 19.5 Å². The van der Waals surface area contributed by atoms with Crippen LogP contribution in [0.4, 0.5) is 0 Å². The molecular weight excluding hydrogens is 212 g/mol. The van der Waals surface area contributed by atoms with Gasteiger partial charge >= 0.3 is 0 Å². The van der Waals surface area contributed by atoms with Crippen LogP contribution in [0, 0.1) is 5.92 Å². The van der Waals surface area contributed by atoms with Gasteiger partial charge in [-0.3, -0.25) is 4.79 Å². The number of carbonyl (C=O) groups is 1. The van der Waals surface area contributed by atoms with Gasteiger partial charge in [-0.25, -0.2) is 0 Å². The lowest BCUT2D eigenvalue weighted by Crippen LogP contribution is -2.34. The van der Waals surface area contributed by atoms with Crippen LogP contribution in [0.25, 0.3) is 0 Å². The Balaban J connectivity index is 1.69. The van der Waals surface area contributed by atoms with Gasteiger partial charge in [-0.05, 0) is 44.7 Å². The Hall–Kier alpha value is -0.570. The molecule has 2 saturated heterocycles. The molecule has 2 fully saturated rings. The van der Waals surface area contributed by atoms with E-state index < -0.39 is 0 Å². The van der Waals surface area contributed by atoms with Crippen LogP contribution in [0.1, 0.15) is 51.4 Å². The van der Waals surface area contributed by atoms with Crippen molar-refractivity contribution in [1.29, 1.82) is 0 Å². The first-order valence-electron chi connectivity index (χ1n) is 7.35. The fourth-order valence-corrected chi connectivity index (χ4v) is 2.94. The lowest BCUT2D eigenvalue weighted by atomic mass is 10.0. The highest BCUT2D eigenvalue weighted by Crippen LogP contribution is 2.17. The highest BCUT2D eigenvalue weighted by Gasteiger charge is 2.19. The molecule has 0 aromatic rings. The minimum atomic E-state index is 0.402. The monoisotopic (exact) mass is 238 g/mol. The smallest absolute Gasteiger partial charge is 0.222 e. The van der Waals surface area contributed by atoms with Crippen LogP contribution in [0.5, 0.6) is 0 Å². The molecule has 98 valence electrons. The number of rotatable bonds is 3. The van der Waals surface area contributed by atoms with Crippen molar-refractivity contribution >= 4 is 5.91 Å². The molecule has 0 saturated carbocycles. The van der Waals surface area contributed by atoms with Crippen LogP contribution in [-0.2, 0) is 4.79 Å². The summed E-state index contributed by atoms with van der Waals surface area (Å²) in [5, 5.41) is 3.37. The van der Waals surface area contributed by atoms with Gasteiger partial charge in [-0.1, -0.05) is 19.3 Å². The summed E-state index contributed by atoms with van der Waals surface area (Å²) in [6.07, 6.45) is 9.48. The molecule has 0 radical (unpaired) electrons. The Kier molecular flexibility index (Phi) is 5.30. The van der Waals surface area contributed by atoms with E-state index in [0.29, 0.717) is 5.91 Å². The lowest BCUT2D eigenvalue weighted by Gasteiger charge is -2.25. The molecule has 3 nitrogen and oxygen atoms in total. The number of hydrogen-bond donors (Lipinski definition) is 1. The van der Waals surface area contributed by atoms with E-state index in [1.54, 1.807) is 0 Å². The van der Waals surface area contributed by atoms with Crippen LogP contribution < -0.4 is 5.32 Å². The first-order valence-corrected chi connectivity index (χ1v) is 7.35. The standard InChI is InChI=1S/C14H26N2O/c17-14(7-6-13-8-9-15-12-13)16-10-4-2-1-3-5-11-16/h13,15H,1-12H2. The van der Waals surface area contributed by atoms with Crippen LogP contribution >= 0.6 is 0 Å². The summed E-state index contributed by atoms with van der Waals surface area (Å²) in [5.41, 5.74) is 0. The Morgan fingerprint density at radius 2 is 1.82 bits per heavy atom. The Morgan fingerprint density at radius 3 is 2.47 bits per heavy atom. The summed E-state index contributed by atoms with van der Waals surface area (Å²) < 4.78 is 0. The molecule has 2 heterocycles. The summed E-state index contributed by atoms with van der Waals surface area (Å²) in [6.45, 7) is 4.26. The first-order chi connectivity index (χ1) is 8.36. The van der Waals surface area contributed by atoms with E-state index in [2.05, 4.69) is 10.2 Å². The first kappa shape index (κ1) is 12.9. The van der Waals surface area contributed by atoms with Crippen molar-refractivity contribution in [3.05, 3.63) is 0 Å². The quantitative estimate of drug-likeness (QED) is 0.817. The van der Waals surface area contributed by atoms with E-state index in [1.165, 1.54) is 38.5 Å². The third-order valence-electron chi connectivity index (χ3n) is 4.14. The SMILES string of the molecule is O=C(CCC1CCNC1)N1CCCCCCC1. The molecule has 17 heavy (non-hydrogen) atoms. The van der Waals surface area contributed by atoms with Gasteiger partial charge in [-0.2, -0.15) is 0 Å². The number of nitrogens with zero attached hydrogens (tertiary/aromatic N) is 1. The van der Waals surface area contributed by atoms with Crippen LogP contribution in [0.15, 0.2) is 0 Å². The van der Waals surface area contributed by atoms with Crippen molar-refractivity contribution in [1.82, 2.24) is 10.2 Å². The van der Waals surface area contributed by atoms with Crippen LogP contribution in [0.3, 0.4) is 0 Å². The summed E-state index contributed by atoms with van der Waals surface area (Å²) in [5.74, 6) is 1.15. The summed E-state index contributed by atoms with van der Waals surface area (Å²) in [7, 11) is 0. The topological polar surface area (TPSA) is 32.3 Å². The molecule has 2 rings (SSSR count). The van der Waals surface area contributed by atoms with E-state index in [1.807, 2.05) is 0 Å². The van der Waals surface area contributed by atoms with Crippen molar-refractivity contribution < 1.29 is 4.79 Å². The highest BCUT2D eigenvalue weighted by atomic mass is 16.2. The summed E-state index contributed by atoms with van der Waals surface area (Å²) in [4.78, 5) is 14.2. The molecule has 0 bridgehead atoms. The zero-order valence-corrected chi connectivity index (χ0v) is 10.9. The molecule has 1 unspecified atom stereocenters. The zero-order valence-electron chi connectivity index (χ0n) is 10.9. The van der Waals surface area contributed by atoms with Gasteiger partial charge in [0.2, 0.25) is 5.91 Å². The second-order valence-electron chi connectivity index (χ2n) is 5.55. The molecular formula is C14H26N2O. The van der Waals surface area contributed by atoms with Crippen molar-refractivity contribution in [3.8, 4) is 0 Å². The van der Waals surface area contributed by atoms with E-state index >= 15 is 0 Å². The van der Waals surface area contributed by atoms with Gasteiger partial charge in [0.15, 0.2) is 0 Å². The predicted octanol–water partition coefficient (Wildman–Crippen LogP) is 2.17. The molecule has 2 aliphatic heterocycles. The van der Waals surface area contributed by atoms with Gasteiger partial charge < -0.3 is 10.2 Å². The predicted molar refractivity (Wildman–Crippen MR) is 69.9 cm³/mol. The van der Waals surface area contributed by atoms with E-state index in [9.17, 15) is 4.79 Å². The van der Waals surface area contributed by atoms with Gasteiger partial charge in [0.1, 0.15) is 0 Å². The number of carbonyl (C=O) groups excluding carboxylic acids is 1. The second kappa shape index (κ2) is 7.00. The Bertz CT molecular complexity index is 228. The maximum Gasteiger partial charge on any atom is 0.222 e. The van der Waals surface area contributed by atoms with Gasteiger partial charge in [0.25, 0.3) is 0 Å². The minimum Gasteiger partial charge on any atom is -0.343 e. The van der Waals surface area contributed by atoms with Gasteiger partial charge in [-0.15, -0.1) is 0 Å². The third-order valence-corrected chi connectivity index (χ3v) is 4.14. The fraction of sp³-hybridized carbons (Fsp3) is 0.929. The van der Waals surface area contributed by atoms with Crippen molar-refractivity contribution in [2.45, 2.75) is 51.4 Å². The maximum atomic E-state index is 12.1. The third kappa shape index (κ3) is 4.30. The highest BCUT2D eigenvalue weighted by molar-refractivity contribution is 5.76. The van der Waals surface area contributed by atoms with Crippen molar-refractivity contribution in [2.24, 2.45) is 5.92 Å². The Labute approximate surface area is 105 Å². The van der Waals surface area contributed by atoms with Crippen molar-refractivity contribution in [3.63, 3.8) is 0 Å². The number of nitrogens with one attached hydrogen (secondary N) is 1. The average molecular weight is 238 g/mol. The number of hydrogen-bond acceptors (Lipinski definition) is 2. The van der Waals surface area contributed by atoms with E-state index in [4.69, 9.17) is 0 Å². The fourth-order valence-electron chi connectivity index (χ4n) is 2.94. The Morgan fingerprint density at radius 1 is 1.12 bits per heavy atom. The molecule has 0 spiro atoms. The second-order valence-corrected chi connectivity index (χ2v) is 5.55. The lowest BCUT2D eigenvalue weighted by molar-refractivity contribution is -0.131. The van der Waals surface area contributed by atoms with Gasteiger partial charge in [0.05, 0.1) is 0 Å². The molecule has 0 aliphatic carbocycles. The van der Waals surface area contributed by atoms with Crippen LogP contribution in [-0.4, -0.2) is 37.0 Å². The van der Waals surface area contributed by atoms with E-state index in [-0.39, 0.29) is 0 Å². The van der Waals surface area contributed by atoms with E-state index in [0.717, 1.165) is 44.9 Å². The molecule has 1 N–H and O–H groups in total. The maximum absolute atomic E-state index is 12.1. The molecule has 3 heteroatoms. The normalized spacial score (nSPS) is 26.6.